The number of carbonyl (C=O) groups excluding carboxylic acids is 3. The second-order valence-electron chi connectivity index (χ2n) is 5.84. The Morgan fingerprint density at radius 3 is 2.64 bits per heavy atom. The molecule has 1 aliphatic rings. The summed E-state index contributed by atoms with van der Waals surface area (Å²) in [5.74, 6) is -0.499. The summed E-state index contributed by atoms with van der Waals surface area (Å²) in [6.07, 6.45) is 1.72. The van der Waals surface area contributed by atoms with Crippen LogP contribution in [0.25, 0.3) is 0 Å². The molecule has 0 radical (unpaired) electrons. The molecule has 0 spiro atoms. The van der Waals surface area contributed by atoms with Gasteiger partial charge in [-0.05, 0) is 24.1 Å². The van der Waals surface area contributed by atoms with E-state index in [4.69, 9.17) is 5.73 Å². The van der Waals surface area contributed by atoms with Gasteiger partial charge in [0, 0.05) is 24.0 Å². The van der Waals surface area contributed by atoms with E-state index < -0.39 is 5.91 Å². The molecule has 2 heterocycles. The zero-order valence-corrected chi connectivity index (χ0v) is 14.3. The number of thiazole rings is 1. The monoisotopic (exact) mass is 358 g/mol. The first-order chi connectivity index (χ1) is 12.0. The van der Waals surface area contributed by atoms with Gasteiger partial charge in [0.05, 0.1) is 18.5 Å². The molecule has 2 aromatic rings. The van der Waals surface area contributed by atoms with E-state index in [1.807, 2.05) is 0 Å². The molecule has 7 nitrogen and oxygen atoms in total. The third-order valence-corrected chi connectivity index (χ3v) is 4.71. The molecule has 3 amide bonds. The van der Waals surface area contributed by atoms with Gasteiger partial charge >= 0.3 is 0 Å². The van der Waals surface area contributed by atoms with Gasteiger partial charge in [-0.1, -0.05) is 12.1 Å². The number of aromatic nitrogens is 1. The van der Waals surface area contributed by atoms with Gasteiger partial charge in [-0.3, -0.25) is 19.3 Å². The second kappa shape index (κ2) is 7.43. The Bertz CT molecular complexity index is 800. The van der Waals surface area contributed by atoms with Crippen LogP contribution in [0.5, 0.6) is 0 Å². The first-order valence-corrected chi connectivity index (χ1v) is 8.81. The van der Waals surface area contributed by atoms with Gasteiger partial charge in [-0.25, -0.2) is 4.98 Å². The second-order valence-corrected chi connectivity index (χ2v) is 6.67. The van der Waals surface area contributed by atoms with Crippen molar-refractivity contribution in [1.82, 2.24) is 4.98 Å². The molecule has 3 rings (SSSR count). The number of benzene rings is 1. The lowest BCUT2D eigenvalue weighted by atomic mass is 10.1. The van der Waals surface area contributed by atoms with Crippen LogP contribution in [0.15, 0.2) is 29.6 Å². The molecule has 0 aliphatic carbocycles. The number of nitrogens with one attached hydrogen (secondary N) is 1. The lowest BCUT2D eigenvalue weighted by Crippen LogP contribution is -2.23. The van der Waals surface area contributed by atoms with E-state index in [9.17, 15) is 14.4 Å². The van der Waals surface area contributed by atoms with Crippen LogP contribution in [0.2, 0.25) is 0 Å². The van der Waals surface area contributed by atoms with Crippen molar-refractivity contribution >= 4 is 39.9 Å². The van der Waals surface area contributed by atoms with E-state index in [1.54, 1.807) is 34.5 Å². The highest BCUT2D eigenvalue weighted by Gasteiger charge is 2.24. The number of rotatable bonds is 6. The van der Waals surface area contributed by atoms with Crippen molar-refractivity contribution in [1.29, 1.82) is 0 Å². The third-order valence-electron chi connectivity index (χ3n) is 3.80. The van der Waals surface area contributed by atoms with Crippen LogP contribution < -0.4 is 16.0 Å². The third kappa shape index (κ3) is 4.42. The minimum absolute atomic E-state index is 0.0846. The standard InChI is InChI=1S/C17H18N4O3S/c18-14(22)8-11-3-5-12(6-4-11)19-15(23)9-13-10-25-17(20-13)21-7-1-2-16(21)24/h3-6,10H,1-2,7-9H2,(H2,18,22)(H,19,23). The maximum absolute atomic E-state index is 12.1. The van der Waals surface area contributed by atoms with Gasteiger partial charge in [0.15, 0.2) is 5.13 Å². The average Bonchev–Trinajstić information content (AvgIpc) is 3.17. The lowest BCUT2D eigenvalue weighted by Gasteiger charge is -2.10. The van der Waals surface area contributed by atoms with Crippen molar-refractivity contribution in [3.63, 3.8) is 0 Å². The van der Waals surface area contributed by atoms with Gasteiger partial charge in [-0.2, -0.15) is 0 Å². The number of nitrogens with two attached hydrogens (primary N) is 1. The lowest BCUT2D eigenvalue weighted by molar-refractivity contribution is -0.118. The fourth-order valence-electron chi connectivity index (χ4n) is 2.63. The number of amides is 3. The molecule has 25 heavy (non-hydrogen) atoms. The Kier molecular flexibility index (Phi) is 5.08. The zero-order valence-electron chi connectivity index (χ0n) is 13.5. The molecule has 0 saturated carbocycles. The minimum Gasteiger partial charge on any atom is -0.369 e. The summed E-state index contributed by atoms with van der Waals surface area (Å²) < 4.78 is 0. The number of primary amides is 1. The van der Waals surface area contributed by atoms with Crippen molar-refractivity contribution in [3.8, 4) is 0 Å². The van der Waals surface area contributed by atoms with Gasteiger partial charge in [0.25, 0.3) is 0 Å². The van der Waals surface area contributed by atoms with Crippen molar-refractivity contribution in [2.45, 2.75) is 25.7 Å². The Morgan fingerprint density at radius 1 is 1.24 bits per heavy atom. The van der Waals surface area contributed by atoms with Gasteiger partial charge in [0.2, 0.25) is 17.7 Å². The van der Waals surface area contributed by atoms with Crippen molar-refractivity contribution in [3.05, 3.63) is 40.9 Å². The summed E-state index contributed by atoms with van der Waals surface area (Å²) >= 11 is 1.38. The molecule has 1 aromatic carbocycles. The summed E-state index contributed by atoms with van der Waals surface area (Å²) in [5, 5.41) is 5.24. The maximum atomic E-state index is 12.1. The predicted octanol–water partition coefficient (Wildman–Crippen LogP) is 1.48. The minimum atomic E-state index is -0.396. The smallest absolute Gasteiger partial charge is 0.230 e. The van der Waals surface area contributed by atoms with Gasteiger partial charge in [0.1, 0.15) is 0 Å². The highest BCUT2D eigenvalue weighted by atomic mass is 32.1. The van der Waals surface area contributed by atoms with E-state index in [-0.39, 0.29) is 24.7 Å². The predicted molar refractivity (Wildman–Crippen MR) is 95.4 cm³/mol. The van der Waals surface area contributed by atoms with Crippen LogP contribution in [0.3, 0.4) is 0 Å². The van der Waals surface area contributed by atoms with Crippen LogP contribution in [0.4, 0.5) is 10.8 Å². The quantitative estimate of drug-likeness (QED) is 0.816. The Labute approximate surface area is 148 Å². The largest absolute Gasteiger partial charge is 0.369 e. The molecule has 0 bridgehead atoms. The molecule has 130 valence electrons. The zero-order chi connectivity index (χ0) is 17.8. The van der Waals surface area contributed by atoms with E-state index in [0.717, 1.165) is 12.0 Å². The summed E-state index contributed by atoms with van der Waals surface area (Å²) in [6.45, 7) is 0.690. The number of hydrogen-bond donors (Lipinski definition) is 2. The molecule has 1 saturated heterocycles. The number of carbonyl (C=O) groups is 3. The molecule has 1 aliphatic heterocycles. The highest BCUT2D eigenvalue weighted by Crippen LogP contribution is 2.25. The summed E-state index contributed by atoms with van der Waals surface area (Å²) in [4.78, 5) is 40.8. The molecule has 8 heteroatoms. The van der Waals surface area contributed by atoms with E-state index in [2.05, 4.69) is 10.3 Å². The molecular weight excluding hydrogens is 340 g/mol. The van der Waals surface area contributed by atoms with Crippen molar-refractivity contribution < 1.29 is 14.4 Å². The number of anilines is 2. The molecule has 1 fully saturated rings. The SMILES string of the molecule is NC(=O)Cc1ccc(NC(=O)Cc2csc(N3CCCC3=O)n2)cc1. The first-order valence-electron chi connectivity index (χ1n) is 7.93. The van der Waals surface area contributed by atoms with E-state index >= 15 is 0 Å². The summed E-state index contributed by atoms with van der Waals surface area (Å²) in [7, 11) is 0. The van der Waals surface area contributed by atoms with Gasteiger partial charge in [-0.15, -0.1) is 11.3 Å². The molecule has 0 atom stereocenters. The van der Waals surface area contributed by atoms with Crippen LogP contribution in [-0.4, -0.2) is 29.3 Å². The van der Waals surface area contributed by atoms with E-state index in [0.29, 0.717) is 29.5 Å². The normalized spacial score (nSPS) is 13.9. The summed E-state index contributed by atoms with van der Waals surface area (Å²) in [5.41, 5.74) is 7.23. The van der Waals surface area contributed by atoms with Crippen molar-refractivity contribution in [2.75, 3.05) is 16.8 Å². The van der Waals surface area contributed by atoms with Crippen LogP contribution in [0.1, 0.15) is 24.1 Å². The maximum Gasteiger partial charge on any atom is 0.230 e. The molecule has 1 aromatic heterocycles. The first kappa shape index (κ1) is 17.1. The van der Waals surface area contributed by atoms with Crippen LogP contribution >= 0.6 is 11.3 Å². The topological polar surface area (TPSA) is 105 Å². The number of hydrogen-bond acceptors (Lipinski definition) is 5. The number of nitrogens with zero attached hydrogens (tertiary/aromatic N) is 2. The Balaban J connectivity index is 1.56. The molecule has 3 N–H and O–H groups in total. The van der Waals surface area contributed by atoms with Gasteiger partial charge < -0.3 is 11.1 Å². The Hall–Kier alpha value is -2.74. The summed E-state index contributed by atoms with van der Waals surface area (Å²) in [6, 6.07) is 6.96. The fraction of sp³-hybridized carbons (Fsp3) is 0.294. The van der Waals surface area contributed by atoms with Crippen LogP contribution in [-0.2, 0) is 27.2 Å². The van der Waals surface area contributed by atoms with E-state index in [1.165, 1.54) is 11.3 Å². The molecule has 0 unspecified atom stereocenters. The van der Waals surface area contributed by atoms with Crippen LogP contribution in [0, 0.1) is 0 Å². The molecular formula is C17H18N4O3S. The Morgan fingerprint density at radius 2 is 2.00 bits per heavy atom. The highest BCUT2D eigenvalue weighted by molar-refractivity contribution is 7.14. The average molecular weight is 358 g/mol. The fourth-order valence-corrected chi connectivity index (χ4v) is 3.50. The van der Waals surface area contributed by atoms with Crippen molar-refractivity contribution in [2.24, 2.45) is 5.73 Å².